The summed E-state index contributed by atoms with van der Waals surface area (Å²) in [6.45, 7) is 0.468. The first-order chi connectivity index (χ1) is 10.3. The third-order valence-electron chi connectivity index (χ3n) is 2.86. The van der Waals surface area contributed by atoms with E-state index in [1.807, 2.05) is 60.7 Å². The standard InChI is InChI=1S/C17H18N2O2/c1-20-17-12-15(13-19-18)9-10-16(17)21-11-5-8-14-6-3-2-4-7-14/h2-10,12-13H,11,18H2,1H3. The first kappa shape index (κ1) is 14.7. The SMILES string of the molecule is COc1cc(C=NN)ccc1OCC=Cc1ccccc1. The molecule has 2 aromatic rings. The summed E-state index contributed by atoms with van der Waals surface area (Å²) in [7, 11) is 1.60. The van der Waals surface area contributed by atoms with E-state index in [0.29, 0.717) is 18.1 Å². The minimum absolute atomic E-state index is 0.468. The van der Waals surface area contributed by atoms with E-state index >= 15 is 0 Å². The van der Waals surface area contributed by atoms with Crippen molar-refractivity contribution in [3.05, 3.63) is 65.7 Å². The second-order valence-corrected chi connectivity index (χ2v) is 4.31. The monoisotopic (exact) mass is 282 g/mol. The Hall–Kier alpha value is -2.75. The van der Waals surface area contributed by atoms with E-state index in [0.717, 1.165) is 11.1 Å². The van der Waals surface area contributed by atoms with Gasteiger partial charge in [0.25, 0.3) is 0 Å². The van der Waals surface area contributed by atoms with Crippen LogP contribution in [0.2, 0.25) is 0 Å². The van der Waals surface area contributed by atoms with Gasteiger partial charge in [0.1, 0.15) is 6.61 Å². The van der Waals surface area contributed by atoms with E-state index in [9.17, 15) is 0 Å². The predicted octanol–water partition coefficient (Wildman–Crippen LogP) is 3.08. The second kappa shape index (κ2) is 7.75. The van der Waals surface area contributed by atoms with Crippen molar-refractivity contribution < 1.29 is 9.47 Å². The van der Waals surface area contributed by atoms with E-state index in [2.05, 4.69) is 5.10 Å². The third kappa shape index (κ3) is 4.38. The Morgan fingerprint density at radius 1 is 1.05 bits per heavy atom. The summed E-state index contributed by atoms with van der Waals surface area (Å²) >= 11 is 0. The molecule has 0 fully saturated rings. The number of hydrogen-bond acceptors (Lipinski definition) is 4. The molecule has 0 atom stereocenters. The predicted molar refractivity (Wildman–Crippen MR) is 85.7 cm³/mol. The molecule has 0 unspecified atom stereocenters. The van der Waals surface area contributed by atoms with E-state index in [1.54, 1.807) is 13.3 Å². The fourth-order valence-electron chi connectivity index (χ4n) is 1.86. The van der Waals surface area contributed by atoms with Crippen molar-refractivity contribution in [3.63, 3.8) is 0 Å². The lowest BCUT2D eigenvalue weighted by Gasteiger charge is -2.09. The minimum atomic E-state index is 0.468. The third-order valence-corrected chi connectivity index (χ3v) is 2.86. The van der Waals surface area contributed by atoms with Crippen LogP contribution in [-0.2, 0) is 0 Å². The summed E-state index contributed by atoms with van der Waals surface area (Å²) < 4.78 is 11.0. The molecule has 0 heterocycles. The summed E-state index contributed by atoms with van der Waals surface area (Å²) in [6.07, 6.45) is 5.54. The van der Waals surface area contributed by atoms with Gasteiger partial charge < -0.3 is 15.3 Å². The van der Waals surface area contributed by atoms with E-state index < -0.39 is 0 Å². The Labute approximate surface area is 124 Å². The quantitative estimate of drug-likeness (QED) is 0.503. The molecule has 0 saturated heterocycles. The van der Waals surface area contributed by atoms with Crippen LogP contribution in [-0.4, -0.2) is 19.9 Å². The maximum atomic E-state index is 5.70. The second-order valence-electron chi connectivity index (χ2n) is 4.31. The molecule has 2 rings (SSSR count). The van der Waals surface area contributed by atoms with Crippen molar-refractivity contribution in [2.45, 2.75) is 0 Å². The summed E-state index contributed by atoms with van der Waals surface area (Å²) in [5, 5.41) is 3.49. The van der Waals surface area contributed by atoms with E-state index in [1.165, 1.54) is 0 Å². The molecule has 0 aliphatic heterocycles. The topological polar surface area (TPSA) is 56.8 Å². The van der Waals surface area contributed by atoms with Crippen LogP contribution < -0.4 is 15.3 Å². The van der Waals surface area contributed by atoms with Crippen LogP contribution in [0.1, 0.15) is 11.1 Å². The maximum Gasteiger partial charge on any atom is 0.161 e. The molecule has 0 aromatic heterocycles. The lowest BCUT2D eigenvalue weighted by atomic mass is 10.2. The highest BCUT2D eigenvalue weighted by atomic mass is 16.5. The highest BCUT2D eigenvalue weighted by Gasteiger charge is 2.04. The van der Waals surface area contributed by atoms with Crippen LogP contribution in [0.5, 0.6) is 11.5 Å². The molecule has 0 saturated carbocycles. The average molecular weight is 282 g/mol. The molecule has 2 N–H and O–H groups in total. The van der Waals surface area contributed by atoms with Gasteiger partial charge in [-0.15, -0.1) is 0 Å². The van der Waals surface area contributed by atoms with Gasteiger partial charge in [-0.2, -0.15) is 5.10 Å². The zero-order chi connectivity index (χ0) is 14.9. The van der Waals surface area contributed by atoms with Crippen molar-refractivity contribution in [2.24, 2.45) is 10.9 Å². The highest BCUT2D eigenvalue weighted by Crippen LogP contribution is 2.27. The lowest BCUT2D eigenvalue weighted by molar-refractivity contribution is 0.326. The lowest BCUT2D eigenvalue weighted by Crippen LogP contribution is -1.97. The number of nitrogens with two attached hydrogens (primary N) is 1. The number of rotatable bonds is 6. The van der Waals surface area contributed by atoms with Crippen LogP contribution in [0.25, 0.3) is 6.08 Å². The molecule has 0 radical (unpaired) electrons. The summed E-state index contributed by atoms with van der Waals surface area (Å²) in [4.78, 5) is 0. The van der Waals surface area contributed by atoms with Crippen molar-refractivity contribution >= 4 is 12.3 Å². The average Bonchev–Trinajstić information content (AvgIpc) is 2.53. The van der Waals surface area contributed by atoms with Gasteiger partial charge in [-0.1, -0.05) is 36.4 Å². The Bertz CT molecular complexity index is 622. The number of hydrogen-bond donors (Lipinski definition) is 1. The summed E-state index contributed by atoms with van der Waals surface area (Å²) in [5.41, 5.74) is 2.00. The summed E-state index contributed by atoms with van der Waals surface area (Å²) in [6, 6.07) is 15.6. The number of ether oxygens (including phenoxy) is 2. The van der Waals surface area contributed by atoms with Crippen molar-refractivity contribution in [3.8, 4) is 11.5 Å². The van der Waals surface area contributed by atoms with Crippen molar-refractivity contribution in [1.29, 1.82) is 0 Å². The molecule has 4 nitrogen and oxygen atoms in total. The van der Waals surface area contributed by atoms with E-state index in [-0.39, 0.29) is 0 Å². The minimum Gasteiger partial charge on any atom is -0.493 e. The van der Waals surface area contributed by atoms with Crippen LogP contribution in [0.4, 0.5) is 0 Å². The first-order valence-corrected chi connectivity index (χ1v) is 6.59. The molecule has 4 heteroatoms. The Morgan fingerprint density at radius 2 is 1.86 bits per heavy atom. The smallest absolute Gasteiger partial charge is 0.161 e. The first-order valence-electron chi connectivity index (χ1n) is 6.59. The van der Waals surface area contributed by atoms with Gasteiger partial charge >= 0.3 is 0 Å². The van der Waals surface area contributed by atoms with Gasteiger partial charge in [-0.25, -0.2) is 0 Å². The molecular weight excluding hydrogens is 264 g/mol. The van der Waals surface area contributed by atoms with Crippen LogP contribution in [0.3, 0.4) is 0 Å². The van der Waals surface area contributed by atoms with Gasteiger partial charge in [0.05, 0.1) is 13.3 Å². The molecule has 0 bridgehead atoms. The van der Waals surface area contributed by atoms with Crippen LogP contribution in [0.15, 0.2) is 59.7 Å². The number of benzene rings is 2. The fraction of sp³-hybridized carbons (Fsp3) is 0.118. The van der Waals surface area contributed by atoms with Gasteiger partial charge in [0.2, 0.25) is 0 Å². The van der Waals surface area contributed by atoms with Gasteiger partial charge in [0.15, 0.2) is 11.5 Å². The van der Waals surface area contributed by atoms with Gasteiger partial charge in [-0.05, 0) is 35.4 Å². The zero-order valence-corrected chi connectivity index (χ0v) is 11.9. The molecule has 2 aromatic carbocycles. The Morgan fingerprint density at radius 3 is 2.57 bits per heavy atom. The maximum absolute atomic E-state index is 5.70. The molecule has 0 aliphatic rings. The molecular formula is C17H18N2O2. The molecule has 0 spiro atoms. The van der Waals surface area contributed by atoms with Crippen LogP contribution in [0, 0.1) is 0 Å². The highest BCUT2D eigenvalue weighted by molar-refractivity contribution is 5.80. The van der Waals surface area contributed by atoms with E-state index in [4.69, 9.17) is 15.3 Å². The van der Waals surface area contributed by atoms with Gasteiger partial charge in [-0.3, -0.25) is 0 Å². The zero-order valence-electron chi connectivity index (χ0n) is 11.9. The molecule has 108 valence electrons. The Kier molecular flexibility index (Phi) is 5.41. The number of methoxy groups -OCH3 is 1. The van der Waals surface area contributed by atoms with Crippen LogP contribution >= 0.6 is 0 Å². The summed E-state index contributed by atoms with van der Waals surface area (Å²) in [5.74, 6) is 6.47. The molecule has 0 aliphatic carbocycles. The van der Waals surface area contributed by atoms with Crippen molar-refractivity contribution in [1.82, 2.24) is 0 Å². The molecule has 21 heavy (non-hydrogen) atoms. The normalized spacial score (nSPS) is 11.1. The van der Waals surface area contributed by atoms with Gasteiger partial charge in [0, 0.05) is 0 Å². The number of hydrazone groups is 1. The Balaban J connectivity index is 1.98. The largest absolute Gasteiger partial charge is 0.493 e. The fourth-order valence-corrected chi connectivity index (χ4v) is 1.86. The molecule has 0 amide bonds. The van der Waals surface area contributed by atoms with Crippen molar-refractivity contribution in [2.75, 3.05) is 13.7 Å². The number of nitrogens with zero attached hydrogens (tertiary/aromatic N) is 1.